The number of nitrogens with zero attached hydrogens (tertiary/aromatic N) is 6. The van der Waals surface area contributed by atoms with Crippen molar-refractivity contribution in [2.75, 3.05) is 0 Å². The molecule has 0 amide bonds. The monoisotopic (exact) mass is 634 g/mol. The molecule has 9 heteroatoms. The van der Waals surface area contributed by atoms with Crippen LogP contribution < -0.4 is 16.0 Å². The number of hydrogen-bond acceptors (Lipinski definition) is 8. The van der Waals surface area contributed by atoms with Crippen molar-refractivity contribution >= 4 is 39.5 Å². The van der Waals surface area contributed by atoms with Gasteiger partial charge in [-0.3, -0.25) is 24.7 Å². The second kappa shape index (κ2) is 11.7. The molecule has 0 radical (unpaired) electrons. The van der Waals surface area contributed by atoms with E-state index in [2.05, 4.69) is 20.3 Å². The van der Waals surface area contributed by atoms with Crippen molar-refractivity contribution in [2.45, 2.75) is 6.04 Å². The van der Waals surface area contributed by atoms with E-state index >= 15 is 0 Å². The number of nitrogens with one attached hydrogen (secondary N) is 2. The van der Waals surface area contributed by atoms with Crippen molar-refractivity contribution in [2.24, 2.45) is 9.98 Å². The van der Waals surface area contributed by atoms with Crippen LogP contribution in [0.4, 0.5) is 0 Å². The Morgan fingerprint density at radius 3 is 1.53 bits per heavy atom. The Kier molecular flexibility index (Phi) is 6.79. The predicted molar refractivity (Wildman–Crippen MR) is 189 cm³/mol. The minimum atomic E-state index is -0.750. The van der Waals surface area contributed by atoms with Gasteiger partial charge in [-0.15, -0.1) is 0 Å². The molecule has 0 spiro atoms. The van der Waals surface area contributed by atoms with E-state index in [9.17, 15) is 4.79 Å². The van der Waals surface area contributed by atoms with E-state index in [1.54, 1.807) is 30.9 Å². The number of allylic oxidation sites excluding steroid dienone is 5. The molecule has 49 heavy (non-hydrogen) atoms. The van der Waals surface area contributed by atoms with Gasteiger partial charge in [0.2, 0.25) is 0 Å². The van der Waals surface area contributed by atoms with Crippen molar-refractivity contribution in [3.8, 4) is 0 Å². The first-order valence-electron chi connectivity index (χ1n) is 15.9. The smallest absolute Gasteiger partial charge is 0.184 e. The van der Waals surface area contributed by atoms with Crippen LogP contribution in [0.1, 0.15) is 22.8 Å². The van der Waals surface area contributed by atoms with E-state index in [1.165, 1.54) is 0 Å². The van der Waals surface area contributed by atoms with E-state index in [0.29, 0.717) is 45.3 Å². The van der Waals surface area contributed by atoms with Gasteiger partial charge in [0.15, 0.2) is 5.78 Å². The lowest BCUT2D eigenvalue weighted by Crippen LogP contribution is -2.31. The second-order valence-corrected chi connectivity index (χ2v) is 11.7. The maximum Gasteiger partial charge on any atom is 0.184 e. The standard InChI is InChI=1S/C40H26N8O/c49-35-23-34-38(26-11-3-7-21-43-26)32-16-15-30(46-32)36(24-9-1-5-19-41-24)28-13-14-29(45-28)37(25-10-2-6-20-42-25)31-17-18-33(47-31)39(40(35)48-34)27-12-4-8-22-44-27/h1-23,40,45,48H. The zero-order valence-corrected chi connectivity index (χ0v) is 25.9. The highest BCUT2D eigenvalue weighted by Gasteiger charge is 2.35. The minimum absolute atomic E-state index is 0.118. The first-order chi connectivity index (χ1) is 24.2. The number of rotatable bonds is 4. The van der Waals surface area contributed by atoms with Crippen LogP contribution in [0.3, 0.4) is 0 Å². The molecule has 0 fully saturated rings. The van der Waals surface area contributed by atoms with Crippen LogP contribution in [0.5, 0.6) is 0 Å². The molecule has 5 aromatic heterocycles. The Balaban J connectivity index is 1.40. The van der Waals surface area contributed by atoms with Gasteiger partial charge in [-0.05, 0) is 85.0 Å². The number of aromatic amines is 1. The molecule has 4 aliphatic rings. The molecule has 232 valence electrons. The van der Waals surface area contributed by atoms with E-state index in [0.717, 1.165) is 38.9 Å². The molecule has 0 aromatic carbocycles. The summed E-state index contributed by atoms with van der Waals surface area (Å²) in [4.78, 5) is 46.9. The average Bonchev–Trinajstić information content (AvgIpc) is 3.98. The molecule has 8 bridgehead atoms. The minimum Gasteiger partial charge on any atom is -0.371 e. The summed E-state index contributed by atoms with van der Waals surface area (Å²) in [6.07, 6.45) is 16.5. The van der Waals surface area contributed by atoms with Gasteiger partial charge in [0, 0.05) is 53.2 Å². The van der Waals surface area contributed by atoms with Gasteiger partial charge in [0.05, 0.1) is 62.0 Å². The third-order valence-electron chi connectivity index (χ3n) is 8.68. The molecule has 9 rings (SSSR count). The highest BCUT2D eigenvalue weighted by atomic mass is 16.1. The van der Waals surface area contributed by atoms with Crippen LogP contribution in [-0.2, 0) is 4.79 Å². The van der Waals surface area contributed by atoms with Gasteiger partial charge < -0.3 is 10.3 Å². The SMILES string of the molecule is O=C1C=C2NC1C(c1ccccn1)=C1C=CC(=N1)C(c1ccccn1)=c1ccc([nH]1)=C(c1ccccn1)C1=NC(=C2c2ccccn2)C=C1. The molecule has 1 unspecified atom stereocenters. The lowest BCUT2D eigenvalue weighted by molar-refractivity contribution is -0.114. The highest BCUT2D eigenvalue weighted by molar-refractivity contribution is 6.31. The van der Waals surface area contributed by atoms with Gasteiger partial charge >= 0.3 is 0 Å². The molecule has 9 heterocycles. The lowest BCUT2D eigenvalue weighted by Gasteiger charge is -2.19. The Labute approximate surface area is 280 Å². The van der Waals surface area contributed by atoms with E-state index in [1.807, 2.05) is 109 Å². The van der Waals surface area contributed by atoms with Gasteiger partial charge in [-0.25, -0.2) is 9.98 Å². The molecule has 5 aromatic rings. The molecule has 9 nitrogen and oxygen atoms in total. The van der Waals surface area contributed by atoms with Crippen molar-refractivity contribution in [3.63, 3.8) is 0 Å². The van der Waals surface area contributed by atoms with Crippen molar-refractivity contribution in [1.82, 2.24) is 30.2 Å². The maximum atomic E-state index is 14.0. The summed E-state index contributed by atoms with van der Waals surface area (Å²) in [7, 11) is 0. The van der Waals surface area contributed by atoms with Gasteiger partial charge in [-0.1, -0.05) is 24.3 Å². The molecule has 4 aliphatic heterocycles. The van der Waals surface area contributed by atoms with Crippen molar-refractivity contribution in [3.05, 3.63) is 191 Å². The molecule has 2 N–H and O–H groups in total. The zero-order valence-electron chi connectivity index (χ0n) is 25.9. The quantitative estimate of drug-likeness (QED) is 0.305. The van der Waals surface area contributed by atoms with Crippen molar-refractivity contribution in [1.29, 1.82) is 0 Å². The summed E-state index contributed by atoms with van der Waals surface area (Å²) in [5, 5.41) is 5.19. The second-order valence-electron chi connectivity index (χ2n) is 11.7. The molecule has 0 aliphatic carbocycles. The summed E-state index contributed by atoms with van der Waals surface area (Å²) in [5.74, 6) is -0.118. The zero-order chi connectivity index (χ0) is 32.7. The number of carbonyl (C=O) groups excluding carboxylic acids is 1. The Hall–Kier alpha value is -6.87. The third kappa shape index (κ3) is 5.01. The number of pyridine rings is 4. The van der Waals surface area contributed by atoms with Crippen LogP contribution in [0.2, 0.25) is 0 Å². The number of H-pyrrole nitrogens is 1. The van der Waals surface area contributed by atoms with Gasteiger partial charge in [-0.2, -0.15) is 0 Å². The van der Waals surface area contributed by atoms with E-state index in [4.69, 9.17) is 20.0 Å². The van der Waals surface area contributed by atoms with Crippen LogP contribution in [0.15, 0.2) is 167 Å². The fraction of sp³-hybridized carbons (Fsp3) is 0.0250. The fourth-order valence-corrected chi connectivity index (χ4v) is 6.53. The summed E-state index contributed by atoms with van der Waals surface area (Å²) < 4.78 is 0. The number of ketones is 1. The molecular formula is C40H26N8O. The molecule has 1 atom stereocenters. The van der Waals surface area contributed by atoms with Crippen LogP contribution in [-0.4, -0.2) is 48.2 Å². The Morgan fingerprint density at radius 1 is 0.510 bits per heavy atom. The Morgan fingerprint density at radius 2 is 1.00 bits per heavy atom. The fourth-order valence-electron chi connectivity index (χ4n) is 6.53. The summed E-state index contributed by atoms with van der Waals surface area (Å²) >= 11 is 0. The topological polar surface area (TPSA) is 121 Å². The van der Waals surface area contributed by atoms with Gasteiger partial charge in [0.1, 0.15) is 6.04 Å². The normalized spacial score (nSPS) is 18.2. The summed E-state index contributed by atoms with van der Waals surface area (Å²) in [6, 6.07) is 26.3. The average molecular weight is 635 g/mol. The highest BCUT2D eigenvalue weighted by Crippen LogP contribution is 2.36. The predicted octanol–water partition coefficient (Wildman–Crippen LogP) is 4.28. The number of hydrogen-bond donors (Lipinski definition) is 2. The van der Waals surface area contributed by atoms with E-state index in [-0.39, 0.29) is 5.78 Å². The largest absolute Gasteiger partial charge is 0.371 e. The van der Waals surface area contributed by atoms with Crippen LogP contribution in [0, 0.1) is 0 Å². The molecule has 0 saturated carbocycles. The number of aliphatic imine (C=N–C) groups is 2. The number of fused-ring (bicyclic) bond motifs is 6. The van der Waals surface area contributed by atoms with Crippen LogP contribution in [0.25, 0.3) is 22.3 Å². The lowest BCUT2D eigenvalue weighted by atomic mass is 9.98. The van der Waals surface area contributed by atoms with E-state index < -0.39 is 6.04 Å². The van der Waals surface area contributed by atoms with Crippen molar-refractivity contribution < 1.29 is 4.79 Å². The molecular weight excluding hydrogens is 608 g/mol. The summed E-state index contributed by atoms with van der Waals surface area (Å²) in [6.45, 7) is 0. The number of aromatic nitrogens is 5. The number of carbonyl (C=O) groups is 1. The first-order valence-corrected chi connectivity index (χ1v) is 15.9. The van der Waals surface area contributed by atoms with Crippen LogP contribution >= 0.6 is 0 Å². The summed E-state index contributed by atoms with van der Waals surface area (Å²) in [5.41, 5.74) is 9.23. The van der Waals surface area contributed by atoms with Gasteiger partial charge in [0.25, 0.3) is 0 Å². The molecule has 0 saturated heterocycles. The Bertz CT molecular complexity index is 2500. The third-order valence-corrected chi connectivity index (χ3v) is 8.68. The first kappa shape index (κ1) is 28.4. The maximum absolute atomic E-state index is 14.0.